The molecular formula is C24H25F3. The van der Waals surface area contributed by atoms with Gasteiger partial charge in [0.25, 0.3) is 0 Å². The summed E-state index contributed by atoms with van der Waals surface area (Å²) in [6.45, 7) is 2.26. The molecule has 1 fully saturated rings. The van der Waals surface area contributed by atoms with Crippen LogP contribution >= 0.6 is 0 Å². The fourth-order valence-electron chi connectivity index (χ4n) is 3.92. The molecule has 3 heteroatoms. The van der Waals surface area contributed by atoms with E-state index in [0.29, 0.717) is 11.5 Å². The number of hydrogen-bond acceptors (Lipinski definition) is 0. The van der Waals surface area contributed by atoms with Crippen LogP contribution in [0.5, 0.6) is 0 Å². The molecule has 0 nitrogen and oxygen atoms in total. The van der Waals surface area contributed by atoms with Gasteiger partial charge in [-0.05, 0) is 79.5 Å². The highest BCUT2D eigenvalue weighted by molar-refractivity contribution is 5.44. The van der Waals surface area contributed by atoms with E-state index in [1.807, 2.05) is 12.1 Å². The second-order valence-corrected chi connectivity index (χ2v) is 7.45. The highest BCUT2D eigenvalue weighted by Crippen LogP contribution is 2.37. The molecular weight excluding hydrogens is 345 g/mol. The Kier molecular flexibility index (Phi) is 6.26. The molecule has 0 unspecified atom stereocenters. The van der Waals surface area contributed by atoms with Crippen LogP contribution in [0.1, 0.15) is 73.6 Å². The van der Waals surface area contributed by atoms with Gasteiger partial charge in [-0.3, -0.25) is 0 Å². The zero-order chi connectivity index (χ0) is 19.3. The van der Waals surface area contributed by atoms with Crippen molar-refractivity contribution in [3.63, 3.8) is 0 Å². The molecule has 0 heterocycles. The minimum Gasteiger partial charge on any atom is -0.166 e. The van der Waals surface area contributed by atoms with Gasteiger partial charge in [-0.1, -0.05) is 43.7 Å². The predicted octanol–water partition coefficient (Wildman–Crippen LogP) is 7.18. The quantitative estimate of drug-likeness (QED) is 0.502. The fraction of sp³-hybridized carbons (Fsp3) is 0.417. The Hall–Kier alpha value is -2.21. The van der Waals surface area contributed by atoms with E-state index in [0.717, 1.165) is 23.6 Å². The van der Waals surface area contributed by atoms with Crippen LogP contribution in [-0.2, 0) is 6.18 Å². The number of rotatable bonds is 3. The van der Waals surface area contributed by atoms with E-state index >= 15 is 0 Å². The van der Waals surface area contributed by atoms with Gasteiger partial charge in [0.2, 0.25) is 0 Å². The molecule has 1 aliphatic carbocycles. The summed E-state index contributed by atoms with van der Waals surface area (Å²) < 4.78 is 37.8. The Labute approximate surface area is 159 Å². The summed E-state index contributed by atoms with van der Waals surface area (Å²) in [5.41, 5.74) is 2.20. The van der Waals surface area contributed by atoms with Crippen LogP contribution in [0.15, 0.2) is 48.5 Å². The van der Waals surface area contributed by atoms with E-state index in [9.17, 15) is 13.2 Å². The average molecular weight is 370 g/mol. The Morgan fingerprint density at radius 3 is 1.81 bits per heavy atom. The zero-order valence-corrected chi connectivity index (χ0v) is 15.7. The molecule has 1 saturated carbocycles. The van der Waals surface area contributed by atoms with Crippen molar-refractivity contribution in [3.8, 4) is 11.8 Å². The lowest BCUT2D eigenvalue weighted by atomic mass is 9.77. The number of halogens is 3. The third-order valence-corrected chi connectivity index (χ3v) is 5.49. The van der Waals surface area contributed by atoms with Gasteiger partial charge in [0.1, 0.15) is 0 Å². The lowest BCUT2D eigenvalue weighted by Gasteiger charge is -2.28. The molecule has 1 aliphatic rings. The fourth-order valence-corrected chi connectivity index (χ4v) is 3.92. The maximum atomic E-state index is 12.6. The van der Waals surface area contributed by atoms with Crippen LogP contribution in [0.25, 0.3) is 0 Å². The van der Waals surface area contributed by atoms with Gasteiger partial charge in [0, 0.05) is 11.1 Å². The SMILES string of the molecule is CCCC1CCC(c2ccc(C#Cc3ccc(C(F)(F)F)cc3)cc2)CC1. The molecule has 0 radical (unpaired) electrons. The van der Waals surface area contributed by atoms with Crippen molar-refractivity contribution in [2.24, 2.45) is 5.92 Å². The van der Waals surface area contributed by atoms with Crippen molar-refractivity contribution < 1.29 is 13.2 Å². The van der Waals surface area contributed by atoms with Crippen LogP contribution in [0, 0.1) is 17.8 Å². The van der Waals surface area contributed by atoms with Crippen molar-refractivity contribution in [3.05, 3.63) is 70.8 Å². The van der Waals surface area contributed by atoms with E-state index in [4.69, 9.17) is 0 Å². The lowest BCUT2D eigenvalue weighted by Crippen LogP contribution is -2.13. The second kappa shape index (κ2) is 8.65. The number of benzene rings is 2. The number of hydrogen-bond donors (Lipinski definition) is 0. The lowest BCUT2D eigenvalue weighted by molar-refractivity contribution is -0.137. The maximum absolute atomic E-state index is 12.6. The first-order valence-corrected chi connectivity index (χ1v) is 9.75. The van der Waals surface area contributed by atoms with Crippen molar-refractivity contribution in [1.82, 2.24) is 0 Å². The first-order chi connectivity index (χ1) is 13.0. The Balaban J connectivity index is 1.61. The molecule has 0 bridgehead atoms. The molecule has 0 aliphatic heterocycles. The number of alkyl halides is 3. The summed E-state index contributed by atoms with van der Waals surface area (Å²) in [7, 11) is 0. The molecule has 3 rings (SSSR count). The monoisotopic (exact) mass is 370 g/mol. The molecule has 0 aromatic heterocycles. The van der Waals surface area contributed by atoms with Crippen molar-refractivity contribution in [1.29, 1.82) is 0 Å². The summed E-state index contributed by atoms with van der Waals surface area (Å²) >= 11 is 0. The Bertz CT molecular complexity index is 781. The van der Waals surface area contributed by atoms with E-state index in [1.54, 1.807) is 0 Å². The van der Waals surface area contributed by atoms with Crippen LogP contribution in [0.4, 0.5) is 13.2 Å². The predicted molar refractivity (Wildman–Crippen MR) is 103 cm³/mol. The zero-order valence-electron chi connectivity index (χ0n) is 15.7. The van der Waals surface area contributed by atoms with Gasteiger partial charge >= 0.3 is 6.18 Å². The van der Waals surface area contributed by atoms with E-state index in [1.165, 1.54) is 56.2 Å². The molecule has 0 amide bonds. The summed E-state index contributed by atoms with van der Waals surface area (Å²) in [6.07, 6.45) is 3.51. The molecule has 0 N–H and O–H groups in total. The molecule has 2 aromatic rings. The minimum absolute atomic E-state index is 0.585. The Morgan fingerprint density at radius 2 is 1.33 bits per heavy atom. The van der Waals surface area contributed by atoms with Crippen LogP contribution < -0.4 is 0 Å². The van der Waals surface area contributed by atoms with Gasteiger partial charge in [0.05, 0.1) is 5.56 Å². The van der Waals surface area contributed by atoms with E-state index < -0.39 is 11.7 Å². The third kappa shape index (κ3) is 5.39. The van der Waals surface area contributed by atoms with Gasteiger partial charge < -0.3 is 0 Å². The van der Waals surface area contributed by atoms with Gasteiger partial charge in [-0.25, -0.2) is 0 Å². The molecule has 0 saturated heterocycles. The molecule has 0 atom stereocenters. The van der Waals surface area contributed by atoms with Crippen molar-refractivity contribution in [2.75, 3.05) is 0 Å². The summed E-state index contributed by atoms with van der Waals surface area (Å²) in [4.78, 5) is 0. The first-order valence-electron chi connectivity index (χ1n) is 9.75. The van der Waals surface area contributed by atoms with Crippen LogP contribution in [0.3, 0.4) is 0 Å². The van der Waals surface area contributed by atoms with Crippen LogP contribution in [-0.4, -0.2) is 0 Å². The van der Waals surface area contributed by atoms with Gasteiger partial charge in [-0.15, -0.1) is 0 Å². The van der Waals surface area contributed by atoms with E-state index in [-0.39, 0.29) is 0 Å². The molecule has 0 spiro atoms. The normalized spacial score (nSPS) is 20.0. The maximum Gasteiger partial charge on any atom is 0.416 e. The third-order valence-electron chi connectivity index (χ3n) is 5.49. The van der Waals surface area contributed by atoms with Crippen LogP contribution in [0.2, 0.25) is 0 Å². The average Bonchev–Trinajstić information content (AvgIpc) is 2.67. The summed E-state index contributed by atoms with van der Waals surface area (Å²) in [6, 6.07) is 13.3. The molecule has 27 heavy (non-hydrogen) atoms. The molecule has 2 aromatic carbocycles. The van der Waals surface area contributed by atoms with Gasteiger partial charge in [-0.2, -0.15) is 13.2 Å². The van der Waals surface area contributed by atoms with E-state index in [2.05, 4.69) is 30.9 Å². The highest BCUT2D eigenvalue weighted by Gasteiger charge is 2.29. The topological polar surface area (TPSA) is 0 Å². The van der Waals surface area contributed by atoms with Gasteiger partial charge in [0.15, 0.2) is 0 Å². The minimum atomic E-state index is -4.31. The smallest absolute Gasteiger partial charge is 0.166 e. The Morgan fingerprint density at radius 1 is 0.815 bits per heavy atom. The highest BCUT2D eigenvalue weighted by atomic mass is 19.4. The van der Waals surface area contributed by atoms with Crippen molar-refractivity contribution >= 4 is 0 Å². The summed E-state index contributed by atoms with van der Waals surface area (Å²) in [5.74, 6) is 7.53. The molecule has 142 valence electrons. The second-order valence-electron chi connectivity index (χ2n) is 7.45. The van der Waals surface area contributed by atoms with Crippen molar-refractivity contribution in [2.45, 2.75) is 57.5 Å². The first kappa shape index (κ1) is 19.5. The largest absolute Gasteiger partial charge is 0.416 e. The standard InChI is InChI=1S/C24H25F3/c1-2-3-18-6-12-21(13-7-18)22-14-8-19(9-15-22)4-5-20-10-16-23(17-11-20)24(25,26)27/h8-11,14-18,21H,2-3,6-7,12-13H2,1H3. The summed E-state index contributed by atoms with van der Waals surface area (Å²) in [5, 5.41) is 0.